The van der Waals surface area contributed by atoms with E-state index in [1.807, 2.05) is 26.0 Å². The predicted molar refractivity (Wildman–Crippen MR) is 125 cm³/mol. The summed E-state index contributed by atoms with van der Waals surface area (Å²) in [6, 6.07) is 16.6. The second-order valence-corrected chi connectivity index (χ2v) is 7.57. The first-order valence-electron chi connectivity index (χ1n) is 10.1. The molecule has 0 bridgehead atoms. The summed E-state index contributed by atoms with van der Waals surface area (Å²) in [5, 5.41) is 3.06. The van der Waals surface area contributed by atoms with Gasteiger partial charge in [0.1, 0.15) is 0 Å². The van der Waals surface area contributed by atoms with Crippen LogP contribution >= 0.6 is 12.4 Å². The Bertz CT molecular complexity index is 799. The van der Waals surface area contributed by atoms with Crippen molar-refractivity contribution in [3.63, 3.8) is 0 Å². The smallest absolute Gasteiger partial charge is 0.225 e. The minimum Gasteiger partial charge on any atom is -0.326 e. The molecule has 0 atom stereocenters. The van der Waals surface area contributed by atoms with Crippen LogP contribution in [-0.2, 0) is 4.79 Å². The van der Waals surface area contributed by atoms with Crippen molar-refractivity contribution < 1.29 is 4.79 Å². The second kappa shape index (κ2) is 11.8. The van der Waals surface area contributed by atoms with Crippen molar-refractivity contribution in [2.75, 3.05) is 44.6 Å². The zero-order valence-electron chi connectivity index (χ0n) is 17.4. The molecule has 2 aromatic rings. The SMILES string of the molecule is Cc1ccc(C)c(NC(=O)CCN2CCN(CC=Cc3ccccc3)CC2)c1.Cl. The Morgan fingerprint density at radius 1 is 1.00 bits per heavy atom. The molecule has 1 N–H and O–H groups in total. The Kier molecular flexibility index (Phi) is 9.39. The third kappa shape index (κ3) is 7.65. The van der Waals surface area contributed by atoms with Gasteiger partial charge < -0.3 is 10.2 Å². The van der Waals surface area contributed by atoms with Crippen LogP contribution in [0.5, 0.6) is 0 Å². The van der Waals surface area contributed by atoms with Gasteiger partial charge in [0.25, 0.3) is 0 Å². The van der Waals surface area contributed by atoms with Gasteiger partial charge >= 0.3 is 0 Å². The van der Waals surface area contributed by atoms with Crippen molar-refractivity contribution in [1.29, 1.82) is 0 Å². The molecule has 1 fully saturated rings. The van der Waals surface area contributed by atoms with Crippen molar-refractivity contribution in [1.82, 2.24) is 9.80 Å². The van der Waals surface area contributed by atoms with E-state index in [9.17, 15) is 4.79 Å². The van der Waals surface area contributed by atoms with Crippen LogP contribution in [0.1, 0.15) is 23.1 Å². The number of hydrogen-bond acceptors (Lipinski definition) is 3. The highest BCUT2D eigenvalue weighted by molar-refractivity contribution is 5.91. The lowest BCUT2D eigenvalue weighted by molar-refractivity contribution is -0.116. The normalized spacial score (nSPS) is 15.2. The number of rotatable bonds is 7. The molecule has 1 saturated heterocycles. The van der Waals surface area contributed by atoms with Gasteiger partial charge in [-0.1, -0.05) is 54.6 Å². The lowest BCUT2D eigenvalue weighted by atomic mass is 10.1. The van der Waals surface area contributed by atoms with Crippen molar-refractivity contribution in [3.8, 4) is 0 Å². The predicted octanol–water partition coefficient (Wildman–Crippen LogP) is 4.38. The molecule has 4 nitrogen and oxygen atoms in total. The van der Waals surface area contributed by atoms with Crippen LogP contribution in [0.2, 0.25) is 0 Å². The van der Waals surface area contributed by atoms with Crippen LogP contribution in [0.25, 0.3) is 6.08 Å². The number of benzene rings is 2. The van der Waals surface area contributed by atoms with Crippen molar-refractivity contribution in [2.45, 2.75) is 20.3 Å². The molecule has 1 aliphatic heterocycles. The number of nitrogens with zero attached hydrogens (tertiary/aromatic N) is 2. The van der Waals surface area contributed by atoms with E-state index in [0.29, 0.717) is 6.42 Å². The van der Waals surface area contributed by atoms with Crippen LogP contribution in [0.15, 0.2) is 54.6 Å². The van der Waals surface area contributed by atoms with Gasteiger partial charge in [0.15, 0.2) is 0 Å². The quantitative estimate of drug-likeness (QED) is 0.731. The minimum atomic E-state index is 0. The molecule has 2 aromatic carbocycles. The van der Waals surface area contributed by atoms with Gasteiger partial charge in [-0.05, 0) is 36.6 Å². The van der Waals surface area contributed by atoms with E-state index in [-0.39, 0.29) is 18.3 Å². The summed E-state index contributed by atoms with van der Waals surface area (Å²) >= 11 is 0. The molecule has 5 heteroatoms. The summed E-state index contributed by atoms with van der Waals surface area (Å²) < 4.78 is 0. The Balaban J connectivity index is 0.00000300. The average molecular weight is 414 g/mol. The van der Waals surface area contributed by atoms with Crippen LogP contribution in [0.4, 0.5) is 5.69 Å². The standard InChI is InChI=1S/C24H31N3O.ClH/c1-20-10-11-21(2)23(19-20)25-24(28)12-14-27-17-15-26(16-18-27)13-6-9-22-7-4-3-5-8-22;/h3-11,19H,12-18H2,1-2H3,(H,25,28);1H. The van der Waals surface area contributed by atoms with Gasteiger partial charge in [-0.25, -0.2) is 0 Å². The van der Waals surface area contributed by atoms with Gasteiger partial charge in [0, 0.05) is 51.4 Å². The zero-order valence-corrected chi connectivity index (χ0v) is 18.3. The maximum absolute atomic E-state index is 12.3. The molecule has 0 saturated carbocycles. The highest BCUT2D eigenvalue weighted by Gasteiger charge is 2.16. The number of anilines is 1. The summed E-state index contributed by atoms with van der Waals surface area (Å²) in [7, 11) is 0. The summed E-state index contributed by atoms with van der Waals surface area (Å²) in [6.45, 7) is 10.0. The Morgan fingerprint density at radius 2 is 1.69 bits per heavy atom. The molecule has 0 aliphatic carbocycles. The van der Waals surface area contributed by atoms with Gasteiger partial charge in [0.2, 0.25) is 5.91 Å². The maximum atomic E-state index is 12.3. The van der Waals surface area contributed by atoms with Crippen LogP contribution < -0.4 is 5.32 Å². The fourth-order valence-corrected chi connectivity index (χ4v) is 3.44. The van der Waals surface area contributed by atoms with E-state index in [1.54, 1.807) is 0 Å². The average Bonchev–Trinajstić information content (AvgIpc) is 2.71. The van der Waals surface area contributed by atoms with E-state index in [2.05, 4.69) is 63.7 Å². The first kappa shape index (κ1) is 23.1. The van der Waals surface area contributed by atoms with Gasteiger partial charge in [-0.15, -0.1) is 12.4 Å². The molecule has 1 heterocycles. The summed E-state index contributed by atoms with van der Waals surface area (Å²) in [4.78, 5) is 17.2. The largest absolute Gasteiger partial charge is 0.326 e. The van der Waals surface area contributed by atoms with Crippen LogP contribution in [-0.4, -0.2) is 55.0 Å². The number of halogens is 1. The third-order valence-electron chi connectivity index (χ3n) is 5.26. The van der Waals surface area contributed by atoms with Gasteiger partial charge in [0.05, 0.1) is 0 Å². The number of carbonyl (C=O) groups excluding carboxylic acids is 1. The lowest BCUT2D eigenvalue weighted by Crippen LogP contribution is -2.46. The first-order chi connectivity index (χ1) is 13.6. The highest BCUT2D eigenvalue weighted by atomic mass is 35.5. The molecule has 29 heavy (non-hydrogen) atoms. The molecular formula is C24H32ClN3O. The van der Waals surface area contributed by atoms with Gasteiger partial charge in [-0.3, -0.25) is 9.69 Å². The third-order valence-corrected chi connectivity index (χ3v) is 5.26. The fraction of sp³-hybridized carbons (Fsp3) is 0.375. The number of hydrogen-bond donors (Lipinski definition) is 1. The van der Waals surface area contributed by atoms with Crippen molar-refractivity contribution in [2.24, 2.45) is 0 Å². The number of carbonyl (C=O) groups is 1. The first-order valence-corrected chi connectivity index (χ1v) is 10.1. The monoisotopic (exact) mass is 413 g/mol. The van der Waals surface area contributed by atoms with E-state index in [1.165, 1.54) is 11.1 Å². The zero-order chi connectivity index (χ0) is 19.8. The number of amides is 1. The maximum Gasteiger partial charge on any atom is 0.225 e. The molecular weight excluding hydrogens is 382 g/mol. The second-order valence-electron chi connectivity index (χ2n) is 7.57. The van der Waals surface area contributed by atoms with E-state index in [4.69, 9.17) is 0 Å². The molecule has 0 aromatic heterocycles. The Labute approximate surface area is 181 Å². The number of piperazine rings is 1. The molecule has 1 amide bonds. The number of aryl methyl sites for hydroxylation is 2. The van der Waals surface area contributed by atoms with Crippen molar-refractivity contribution in [3.05, 3.63) is 71.3 Å². The summed E-state index contributed by atoms with van der Waals surface area (Å²) in [5.74, 6) is 0.0990. The molecule has 0 spiro atoms. The van der Waals surface area contributed by atoms with E-state index < -0.39 is 0 Å². The molecule has 3 rings (SSSR count). The van der Waals surface area contributed by atoms with Crippen molar-refractivity contribution >= 4 is 30.1 Å². The summed E-state index contributed by atoms with van der Waals surface area (Å²) in [6.07, 6.45) is 4.97. The van der Waals surface area contributed by atoms with Crippen LogP contribution in [0.3, 0.4) is 0 Å². The topological polar surface area (TPSA) is 35.6 Å². The summed E-state index contributed by atoms with van der Waals surface area (Å²) in [5.41, 5.74) is 4.45. The van der Waals surface area contributed by atoms with Gasteiger partial charge in [-0.2, -0.15) is 0 Å². The Morgan fingerprint density at radius 3 is 2.41 bits per heavy atom. The van der Waals surface area contributed by atoms with E-state index >= 15 is 0 Å². The molecule has 0 radical (unpaired) electrons. The van der Waals surface area contributed by atoms with Crippen LogP contribution in [0, 0.1) is 13.8 Å². The van der Waals surface area contributed by atoms with E-state index in [0.717, 1.165) is 50.5 Å². The Hall–Kier alpha value is -2.14. The molecule has 1 aliphatic rings. The fourth-order valence-electron chi connectivity index (χ4n) is 3.44. The number of nitrogens with one attached hydrogen (secondary N) is 1. The molecule has 0 unspecified atom stereocenters. The minimum absolute atomic E-state index is 0. The molecule has 156 valence electrons. The highest BCUT2D eigenvalue weighted by Crippen LogP contribution is 2.16. The lowest BCUT2D eigenvalue weighted by Gasteiger charge is -2.34.